The lowest BCUT2D eigenvalue weighted by atomic mass is 9.88. The summed E-state index contributed by atoms with van der Waals surface area (Å²) in [6.07, 6.45) is 0.644. The second kappa shape index (κ2) is 7.72. The summed E-state index contributed by atoms with van der Waals surface area (Å²) in [4.78, 5) is 16.7. The van der Waals surface area contributed by atoms with Crippen LogP contribution >= 0.6 is 12.4 Å². The van der Waals surface area contributed by atoms with E-state index in [0.29, 0.717) is 12.1 Å². The maximum Gasteiger partial charge on any atom is 0.416 e. The molecule has 0 aliphatic carbocycles. The third kappa shape index (κ3) is 3.86. The van der Waals surface area contributed by atoms with Gasteiger partial charge in [-0.25, -0.2) is 0 Å². The maximum absolute atomic E-state index is 12.7. The van der Waals surface area contributed by atoms with Gasteiger partial charge in [0.1, 0.15) is 0 Å². The number of nitrogens with zero attached hydrogens (tertiary/aromatic N) is 1. The Hall–Kier alpha value is -2.12. The number of rotatable bonds is 2. The van der Waals surface area contributed by atoms with Crippen LogP contribution in [0.3, 0.4) is 0 Å². The molecule has 150 valence electrons. The van der Waals surface area contributed by atoms with E-state index in [9.17, 15) is 18.0 Å². The smallest absolute Gasteiger partial charge is 0.354 e. The predicted molar refractivity (Wildman–Crippen MR) is 102 cm³/mol. The summed E-state index contributed by atoms with van der Waals surface area (Å²) in [5.74, 6) is 0.0511. The van der Waals surface area contributed by atoms with Crippen molar-refractivity contribution >= 4 is 18.3 Å². The highest BCUT2D eigenvalue weighted by atomic mass is 35.5. The number of alkyl halides is 3. The van der Waals surface area contributed by atoms with Gasteiger partial charge in [-0.3, -0.25) is 15.1 Å². The number of amides is 1. The van der Waals surface area contributed by atoms with Gasteiger partial charge in [0.25, 0.3) is 0 Å². The molecule has 2 saturated heterocycles. The van der Waals surface area contributed by atoms with E-state index in [-0.39, 0.29) is 24.4 Å². The number of pyridine rings is 1. The van der Waals surface area contributed by atoms with Gasteiger partial charge in [0.2, 0.25) is 5.91 Å². The number of hydrogen-bond donors (Lipinski definition) is 2. The first-order valence-electron chi connectivity index (χ1n) is 9.07. The summed E-state index contributed by atoms with van der Waals surface area (Å²) in [6.45, 7) is 0.717. The quantitative estimate of drug-likeness (QED) is 0.776. The van der Waals surface area contributed by atoms with Crippen LogP contribution in [0.4, 0.5) is 13.2 Å². The Morgan fingerprint density at radius 1 is 1.07 bits per heavy atom. The lowest BCUT2D eigenvalue weighted by Crippen LogP contribution is -2.57. The van der Waals surface area contributed by atoms with Gasteiger partial charge >= 0.3 is 6.18 Å². The second-order valence-electron chi connectivity index (χ2n) is 7.22. The largest absolute Gasteiger partial charge is 0.416 e. The van der Waals surface area contributed by atoms with E-state index in [1.54, 1.807) is 12.3 Å². The minimum Gasteiger partial charge on any atom is -0.354 e. The van der Waals surface area contributed by atoms with Crippen molar-refractivity contribution in [3.63, 3.8) is 0 Å². The van der Waals surface area contributed by atoms with E-state index in [4.69, 9.17) is 0 Å². The molecule has 0 radical (unpaired) electrons. The molecule has 1 amide bonds. The normalized spacial score (nSPS) is 24.7. The third-order valence-corrected chi connectivity index (χ3v) is 5.49. The van der Waals surface area contributed by atoms with Gasteiger partial charge in [0, 0.05) is 12.7 Å². The maximum atomic E-state index is 12.7. The standard InChI is InChI=1S/C20H20F3N3O.ClH/c21-20(22,23)15-4-2-13(3-5-15)14-7-11-24-17(12-14)16-6-9-19(26-16)8-1-10-25-18(19)27;/h2-5,7,11-12,16,26H,1,6,8-10H2,(H,25,27);1H/t16-,19+;/m0./s1. The van der Waals surface area contributed by atoms with Crippen molar-refractivity contribution in [1.82, 2.24) is 15.6 Å². The average molecular weight is 412 g/mol. The molecule has 1 aromatic heterocycles. The van der Waals surface area contributed by atoms with Crippen LogP contribution in [0, 0.1) is 0 Å². The summed E-state index contributed by atoms with van der Waals surface area (Å²) >= 11 is 0. The topological polar surface area (TPSA) is 54.0 Å². The van der Waals surface area contributed by atoms with E-state index in [0.717, 1.165) is 49.1 Å². The number of carbonyl (C=O) groups is 1. The molecule has 2 aromatic rings. The highest BCUT2D eigenvalue weighted by Gasteiger charge is 2.46. The number of halogens is 4. The first kappa shape index (κ1) is 20.6. The Labute approximate surface area is 167 Å². The summed E-state index contributed by atoms with van der Waals surface area (Å²) in [5, 5.41) is 6.38. The second-order valence-corrected chi connectivity index (χ2v) is 7.22. The fourth-order valence-electron chi connectivity index (χ4n) is 4.01. The van der Waals surface area contributed by atoms with E-state index in [1.807, 2.05) is 6.07 Å². The summed E-state index contributed by atoms with van der Waals surface area (Å²) in [5.41, 5.74) is 1.14. The summed E-state index contributed by atoms with van der Waals surface area (Å²) < 4.78 is 38.2. The molecule has 1 aromatic carbocycles. The van der Waals surface area contributed by atoms with E-state index in [1.165, 1.54) is 12.1 Å². The van der Waals surface area contributed by atoms with Gasteiger partial charge in [0.05, 0.1) is 22.8 Å². The Bertz CT molecular complexity index is 857. The molecular weight excluding hydrogens is 391 g/mol. The Balaban J connectivity index is 0.00000225. The van der Waals surface area contributed by atoms with E-state index >= 15 is 0 Å². The molecule has 2 aliphatic heterocycles. The van der Waals surface area contributed by atoms with Gasteiger partial charge in [-0.2, -0.15) is 13.2 Å². The molecule has 28 heavy (non-hydrogen) atoms. The average Bonchev–Trinajstić information content (AvgIpc) is 3.09. The van der Waals surface area contributed by atoms with Gasteiger partial charge in [-0.1, -0.05) is 12.1 Å². The molecule has 4 nitrogen and oxygen atoms in total. The Morgan fingerprint density at radius 2 is 1.82 bits per heavy atom. The molecule has 4 rings (SSSR count). The van der Waals surface area contributed by atoms with Crippen molar-refractivity contribution < 1.29 is 18.0 Å². The third-order valence-electron chi connectivity index (χ3n) is 5.49. The molecular formula is C20H21ClF3N3O. The van der Waals surface area contributed by atoms with Crippen molar-refractivity contribution in [2.75, 3.05) is 6.54 Å². The van der Waals surface area contributed by atoms with Crippen LogP contribution in [0.1, 0.15) is 43.0 Å². The first-order chi connectivity index (χ1) is 12.9. The molecule has 2 aliphatic rings. The Kier molecular flexibility index (Phi) is 5.68. The number of benzene rings is 1. The number of piperidine rings is 1. The SMILES string of the molecule is Cl.O=C1NCCC[C@@]12CC[C@@H](c1cc(-c3ccc(C(F)(F)F)cc3)ccn1)N2. The summed E-state index contributed by atoms with van der Waals surface area (Å²) in [6, 6.07) is 8.75. The molecule has 0 unspecified atom stereocenters. The van der Waals surface area contributed by atoms with Gasteiger partial charge < -0.3 is 5.32 Å². The van der Waals surface area contributed by atoms with E-state index in [2.05, 4.69) is 15.6 Å². The number of hydrogen-bond acceptors (Lipinski definition) is 3. The van der Waals surface area contributed by atoms with Crippen LogP contribution in [0.25, 0.3) is 11.1 Å². The van der Waals surface area contributed by atoms with Crippen molar-refractivity contribution in [3.8, 4) is 11.1 Å². The lowest BCUT2D eigenvalue weighted by molar-refractivity contribution is -0.137. The number of nitrogens with one attached hydrogen (secondary N) is 2. The van der Waals surface area contributed by atoms with Gasteiger partial charge in [-0.05, 0) is 61.1 Å². The fraction of sp³-hybridized carbons (Fsp3) is 0.400. The molecule has 2 atom stereocenters. The minimum absolute atomic E-state index is 0. The van der Waals surface area contributed by atoms with Gasteiger partial charge in [0.15, 0.2) is 0 Å². The fourth-order valence-corrected chi connectivity index (χ4v) is 4.01. The van der Waals surface area contributed by atoms with Crippen LogP contribution in [-0.4, -0.2) is 23.0 Å². The lowest BCUT2D eigenvalue weighted by Gasteiger charge is -2.33. The van der Waals surface area contributed by atoms with Crippen LogP contribution in [-0.2, 0) is 11.0 Å². The van der Waals surface area contributed by atoms with Crippen molar-refractivity contribution in [2.45, 2.75) is 43.4 Å². The first-order valence-corrected chi connectivity index (χ1v) is 9.07. The molecule has 1 spiro atoms. The molecule has 0 bridgehead atoms. The van der Waals surface area contributed by atoms with E-state index < -0.39 is 17.3 Å². The van der Waals surface area contributed by atoms with Crippen LogP contribution in [0.2, 0.25) is 0 Å². The highest BCUT2D eigenvalue weighted by molar-refractivity contribution is 5.87. The zero-order valence-electron chi connectivity index (χ0n) is 15.1. The van der Waals surface area contributed by atoms with Crippen molar-refractivity contribution in [1.29, 1.82) is 0 Å². The zero-order valence-corrected chi connectivity index (χ0v) is 15.9. The molecule has 3 heterocycles. The van der Waals surface area contributed by atoms with Crippen LogP contribution in [0.5, 0.6) is 0 Å². The predicted octanol–water partition coefficient (Wildman–Crippen LogP) is 4.26. The number of carbonyl (C=O) groups excluding carboxylic acids is 1. The molecule has 8 heteroatoms. The molecule has 0 saturated carbocycles. The molecule has 2 fully saturated rings. The summed E-state index contributed by atoms with van der Waals surface area (Å²) in [7, 11) is 0. The number of aromatic nitrogens is 1. The highest BCUT2D eigenvalue weighted by Crippen LogP contribution is 2.37. The zero-order chi connectivity index (χ0) is 19.1. The Morgan fingerprint density at radius 3 is 2.50 bits per heavy atom. The monoisotopic (exact) mass is 411 g/mol. The minimum atomic E-state index is -4.34. The van der Waals surface area contributed by atoms with Crippen molar-refractivity contribution in [2.24, 2.45) is 0 Å². The van der Waals surface area contributed by atoms with Crippen molar-refractivity contribution in [3.05, 3.63) is 53.9 Å². The van der Waals surface area contributed by atoms with Crippen LogP contribution < -0.4 is 10.6 Å². The van der Waals surface area contributed by atoms with Crippen LogP contribution in [0.15, 0.2) is 42.6 Å². The molecule has 2 N–H and O–H groups in total. The van der Waals surface area contributed by atoms with Gasteiger partial charge in [-0.15, -0.1) is 12.4 Å².